The molecule has 1 aromatic rings. The van der Waals surface area contributed by atoms with Crippen molar-refractivity contribution in [3.05, 3.63) is 23.5 Å². The third-order valence-electron chi connectivity index (χ3n) is 2.23. The van der Waals surface area contributed by atoms with E-state index in [1.54, 1.807) is 6.07 Å². The SMILES string of the molecule is COC(=O)c1cnc(C)cc1OC1CC1. The number of nitrogens with zero attached hydrogens (tertiary/aromatic N) is 1. The van der Waals surface area contributed by atoms with E-state index in [2.05, 4.69) is 9.72 Å². The van der Waals surface area contributed by atoms with Crippen molar-refractivity contribution in [2.75, 3.05) is 7.11 Å². The number of esters is 1. The molecule has 0 N–H and O–H groups in total. The molecule has 0 radical (unpaired) electrons. The number of rotatable bonds is 3. The van der Waals surface area contributed by atoms with Crippen molar-refractivity contribution in [1.82, 2.24) is 4.98 Å². The van der Waals surface area contributed by atoms with Gasteiger partial charge in [-0.15, -0.1) is 0 Å². The number of pyridine rings is 1. The van der Waals surface area contributed by atoms with Crippen LogP contribution >= 0.6 is 0 Å². The molecule has 15 heavy (non-hydrogen) atoms. The molecular weight excluding hydrogens is 194 g/mol. The van der Waals surface area contributed by atoms with E-state index in [4.69, 9.17) is 4.74 Å². The molecule has 0 unspecified atom stereocenters. The van der Waals surface area contributed by atoms with Gasteiger partial charge < -0.3 is 9.47 Å². The van der Waals surface area contributed by atoms with E-state index < -0.39 is 5.97 Å². The third kappa shape index (κ3) is 2.26. The normalized spacial score (nSPS) is 14.8. The van der Waals surface area contributed by atoms with Crippen molar-refractivity contribution in [2.45, 2.75) is 25.9 Å². The van der Waals surface area contributed by atoms with Gasteiger partial charge in [-0.3, -0.25) is 4.98 Å². The van der Waals surface area contributed by atoms with Crippen molar-refractivity contribution in [2.24, 2.45) is 0 Å². The molecule has 0 spiro atoms. The fourth-order valence-electron chi connectivity index (χ4n) is 1.26. The van der Waals surface area contributed by atoms with Crippen molar-refractivity contribution >= 4 is 5.97 Å². The lowest BCUT2D eigenvalue weighted by Crippen LogP contribution is -2.08. The van der Waals surface area contributed by atoms with E-state index in [-0.39, 0.29) is 6.10 Å². The van der Waals surface area contributed by atoms with E-state index in [0.29, 0.717) is 11.3 Å². The summed E-state index contributed by atoms with van der Waals surface area (Å²) in [5.74, 6) is 0.176. The number of ether oxygens (including phenoxy) is 2. The van der Waals surface area contributed by atoms with Gasteiger partial charge in [0.15, 0.2) is 0 Å². The molecule has 0 bridgehead atoms. The molecule has 0 saturated heterocycles. The van der Waals surface area contributed by atoms with Crippen LogP contribution in [-0.4, -0.2) is 24.2 Å². The predicted molar refractivity (Wildman–Crippen MR) is 54.0 cm³/mol. The molecule has 1 heterocycles. The lowest BCUT2D eigenvalue weighted by atomic mass is 10.2. The molecule has 1 saturated carbocycles. The largest absolute Gasteiger partial charge is 0.489 e. The molecule has 1 fully saturated rings. The van der Waals surface area contributed by atoms with Crippen LogP contribution in [0.3, 0.4) is 0 Å². The molecule has 1 aliphatic rings. The van der Waals surface area contributed by atoms with Crippen LogP contribution in [0.15, 0.2) is 12.3 Å². The molecule has 0 aliphatic heterocycles. The number of carbonyl (C=O) groups excluding carboxylic acids is 1. The number of aryl methyl sites for hydroxylation is 1. The van der Waals surface area contributed by atoms with Crippen molar-refractivity contribution in [3.8, 4) is 5.75 Å². The second kappa shape index (κ2) is 3.88. The summed E-state index contributed by atoms with van der Waals surface area (Å²) in [6.07, 6.45) is 3.87. The number of hydrogen-bond acceptors (Lipinski definition) is 4. The molecule has 1 aliphatic carbocycles. The number of aromatic nitrogens is 1. The number of methoxy groups -OCH3 is 1. The lowest BCUT2D eigenvalue weighted by Gasteiger charge is -2.09. The minimum absolute atomic E-state index is 0.259. The highest BCUT2D eigenvalue weighted by Gasteiger charge is 2.26. The molecule has 4 heteroatoms. The Bertz CT molecular complexity index is 385. The molecule has 2 rings (SSSR count). The van der Waals surface area contributed by atoms with Gasteiger partial charge >= 0.3 is 5.97 Å². The number of carbonyl (C=O) groups is 1. The van der Waals surface area contributed by atoms with Crippen LogP contribution in [0.4, 0.5) is 0 Å². The standard InChI is InChI=1S/C11H13NO3/c1-7-5-10(15-8-3-4-8)9(6-12-7)11(13)14-2/h5-6,8H,3-4H2,1-2H3. The average molecular weight is 207 g/mol. The predicted octanol–water partition coefficient (Wildman–Crippen LogP) is 1.72. The van der Waals surface area contributed by atoms with E-state index in [0.717, 1.165) is 18.5 Å². The quantitative estimate of drug-likeness (QED) is 0.708. The van der Waals surface area contributed by atoms with Crippen molar-refractivity contribution < 1.29 is 14.3 Å². The summed E-state index contributed by atoms with van der Waals surface area (Å²) in [6.45, 7) is 1.86. The highest BCUT2D eigenvalue weighted by Crippen LogP contribution is 2.29. The third-order valence-corrected chi connectivity index (χ3v) is 2.23. The molecule has 0 atom stereocenters. The van der Waals surface area contributed by atoms with Gasteiger partial charge in [0.2, 0.25) is 0 Å². The Morgan fingerprint density at radius 1 is 1.53 bits per heavy atom. The Hall–Kier alpha value is -1.58. The Kier molecular flexibility index (Phi) is 2.58. The first-order chi connectivity index (χ1) is 7.20. The fourth-order valence-corrected chi connectivity index (χ4v) is 1.26. The van der Waals surface area contributed by atoms with Gasteiger partial charge in [-0.1, -0.05) is 0 Å². The van der Waals surface area contributed by atoms with Gasteiger partial charge in [0.05, 0.1) is 13.2 Å². The van der Waals surface area contributed by atoms with Crippen LogP contribution in [-0.2, 0) is 4.74 Å². The molecule has 1 aromatic heterocycles. The second-order valence-corrected chi connectivity index (χ2v) is 3.63. The van der Waals surface area contributed by atoms with Crippen molar-refractivity contribution in [3.63, 3.8) is 0 Å². The summed E-state index contributed by atoms with van der Waals surface area (Å²) in [6, 6.07) is 1.77. The van der Waals surface area contributed by atoms with Gasteiger partial charge in [0, 0.05) is 18.0 Å². The fraction of sp³-hybridized carbons (Fsp3) is 0.455. The van der Waals surface area contributed by atoms with Gasteiger partial charge in [-0.05, 0) is 19.8 Å². The summed E-state index contributed by atoms with van der Waals surface area (Å²) < 4.78 is 10.3. The number of hydrogen-bond donors (Lipinski definition) is 0. The summed E-state index contributed by atoms with van der Waals surface area (Å²) in [4.78, 5) is 15.5. The van der Waals surface area contributed by atoms with E-state index in [1.807, 2.05) is 6.92 Å². The van der Waals surface area contributed by atoms with E-state index >= 15 is 0 Å². The smallest absolute Gasteiger partial charge is 0.343 e. The van der Waals surface area contributed by atoms with Crippen LogP contribution in [0, 0.1) is 6.92 Å². The monoisotopic (exact) mass is 207 g/mol. The molecule has 0 amide bonds. The first kappa shape index (κ1) is 9.96. The molecule has 0 aromatic carbocycles. The molecule has 80 valence electrons. The average Bonchev–Trinajstić information content (AvgIpc) is 3.01. The van der Waals surface area contributed by atoms with Gasteiger partial charge in [-0.2, -0.15) is 0 Å². The Morgan fingerprint density at radius 3 is 2.87 bits per heavy atom. The minimum Gasteiger partial charge on any atom is -0.489 e. The summed E-state index contributed by atoms with van der Waals surface area (Å²) >= 11 is 0. The molecule has 4 nitrogen and oxygen atoms in total. The maximum absolute atomic E-state index is 11.4. The highest BCUT2D eigenvalue weighted by atomic mass is 16.5. The lowest BCUT2D eigenvalue weighted by molar-refractivity contribution is 0.0595. The zero-order valence-electron chi connectivity index (χ0n) is 8.82. The van der Waals surface area contributed by atoms with Crippen molar-refractivity contribution in [1.29, 1.82) is 0 Å². The van der Waals surface area contributed by atoms with Crippen LogP contribution in [0.1, 0.15) is 28.9 Å². The first-order valence-corrected chi connectivity index (χ1v) is 4.92. The zero-order valence-corrected chi connectivity index (χ0v) is 8.82. The zero-order chi connectivity index (χ0) is 10.8. The second-order valence-electron chi connectivity index (χ2n) is 3.63. The van der Waals surface area contributed by atoms with Gasteiger partial charge in [0.25, 0.3) is 0 Å². The van der Waals surface area contributed by atoms with E-state index in [1.165, 1.54) is 13.3 Å². The van der Waals surface area contributed by atoms with E-state index in [9.17, 15) is 4.79 Å². The summed E-state index contributed by atoms with van der Waals surface area (Å²) in [5, 5.41) is 0. The Morgan fingerprint density at radius 2 is 2.27 bits per heavy atom. The van der Waals surface area contributed by atoms with Crippen LogP contribution in [0.5, 0.6) is 5.75 Å². The maximum Gasteiger partial charge on any atom is 0.343 e. The van der Waals surface area contributed by atoms with Gasteiger partial charge in [0.1, 0.15) is 11.3 Å². The van der Waals surface area contributed by atoms with Crippen LogP contribution < -0.4 is 4.74 Å². The van der Waals surface area contributed by atoms with Crippen LogP contribution in [0.25, 0.3) is 0 Å². The van der Waals surface area contributed by atoms with Gasteiger partial charge in [-0.25, -0.2) is 4.79 Å². The summed E-state index contributed by atoms with van der Waals surface area (Å²) in [7, 11) is 1.35. The minimum atomic E-state index is -0.404. The topological polar surface area (TPSA) is 48.4 Å². The summed E-state index contributed by atoms with van der Waals surface area (Å²) in [5.41, 5.74) is 1.23. The first-order valence-electron chi connectivity index (χ1n) is 4.92. The highest BCUT2D eigenvalue weighted by molar-refractivity contribution is 5.92. The molecular formula is C11H13NO3. The van der Waals surface area contributed by atoms with Crippen LogP contribution in [0.2, 0.25) is 0 Å². The maximum atomic E-state index is 11.4. The Balaban J connectivity index is 2.29. The Labute approximate surface area is 88.2 Å².